The monoisotopic (exact) mass is 525 g/mol. The summed E-state index contributed by atoms with van der Waals surface area (Å²) in [4.78, 5) is 13.9. The largest absolute Gasteiger partial charge is 0.505 e. The molecule has 0 aliphatic rings. The second-order valence-corrected chi connectivity index (χ2v) is 11.1. The molecule has 0 spiro atoms. The van der Waals surface area contributed by atoms with E-state index in [1.165, 1.54) is 4.80 Å². The molecule has 0 aliphatic heterocycles. The number of hydrogen-bond donors (Lipinski definition) is 1. The van der Waals surface area contributed by atoms with Gasteiger partial charge in [0.25, 0.3) is 0 Å². The van der Waals surface area contributed by atoms with E-state index in [4.69, 9.17) is 16.3 Å². The Balaban J connectivity index is 1.80. The summed E-state index contributed by atoms with van der Waals surface area (Å²) in [6.07, 6.45) is 5.69. The highest BCUT2D eigenvalue weighted by Crippen LogP contribution is 2.36. The molecule has 1 unspecified atom stereocenters. The number of hydrogen-bond acceptors (Lipinski definition) is 5. The summed E-state index contributed by atoms with van der Waals surface area (Å²) < 4.78 is 5.59. The van der Waals surface area contributed by atoms with Crippen LogP contribution in [0.5, 0.6) is 5.75 Å². The van der Waals surface area contributed by atoms with Gasteiger partial charge in [-0.2, -0.15) is 5.10 Å². The molecule has 6 nitrogen and oxygen atoms in total. The minimum atomic E-state index is -0.327. The summed E-state index contributed by atoms with van der Waals surface area (Å²) >= 11 is 6.44. The molecular weight excluding hydrogens is 486 g/mol. The third-order valence-electron chi connectivity index (χ3n) is 6.66. The lowest BCUT2D eigenvalue weighted by Crippen LogP contribution is -2.16. The fraction of sp³-hybridized carbons (Fsp3) is 0.500. The van der Waals surface area contributed by atoms with E-state index < -0.39 is 0 Å². The molecular formula is C30H40ClN3O3. The summed E-state index contributed by atoms with van der Waals surface area (Å²) in [5, 5.41) is 20.5. The molecule has 0 radical (unpaired) electrons. The van der Waals surface area contributed by atoms with Crippen LogP contribution in [0, 0.1) is 5.92 Å². The van der Waals surface area contributed by atoms with Gasteiger partial charge in [0, 0.05) is 18.4 Å². The zero-order valence-electron chi connectivity index (χ0n) is 22.8. The summed E-state index contributed by atoms with van der Waals surface area (Å²) in [5.41, 5.74) is 3.49. The Kier molecular flexibility index (Phi) is 10.2. The second-order valence-electron chi connectivity index (χ2n) is 10.7. The molecule has 1 aromatic heterocycles. The fourth-order valence-electron chi connectivity index (χ4n) is 4.30. The molecule has 1 atom stereocenters. The summed E-state index contributed by atoms with van der Waals surface area (Å²) in [5.74, 6) is 0.322. The molecule has 0 saturated heterocycles. The summed E-state index contributed by atoms with van der Waals surface area (Å²) in [7, 11) is 0. The number of rotatable bonds is 12. The van der Waals surface area contributed by atoms with E-state index in [2.05, 4.69) is 24.0 Å². The van der Waals surface area contributed by atoms with Crippen LogP contribution in [0.4, 0.5) is 0 Å². The number of halogens is 1. The lowest BCUT2D eigenvalue weighted by atomic mass is 9.84. The van der Waals surface area contributed by atoms with Crippen molar-refractivity contribution in [1.29, 1.82) is 0 Å². The Hall–Kier alpha value is -2.86. The van der Waals surface area contributed by atoms with Gasteiger partial charge in [-0.05, 0) is 41.4 Å². The van der Waals surface area contributed by atoms with E-state index in [1.54, 1.807) is 0 Å². The van der Waals surface area contributed by atoms with E-state index in [-0.39, 0.29) is 23.6 Å². The Morgan fingerprint density at radius 1 is 1.11 bits per heavy atom. The first-order valence-electron chi connectivity index (χ1n) is 13.3. The maximum absolute atomic E-state index is 12.5. The van der Waals surface area contributed by atoms with Crippen molar-refractivity contribution in [2.45, 2.75) is 85.0 Å². The molecule has 0 bridgehead atoms. The van der Waals surface area contributed by atoms with Crippen LogP contribution >= 0.6 is 11.6 Å². The number of unbranched alkanes of at least 4 members (excludes halogenated alkanes) is 1. The number of benzene rings is 2. The number of carbonyl (C=O) groups is 1. The van der Waals surface area contributed by atoms with Gasteiger partial charge in [-0.15, -0.1) is 9.90 Å². The van der Waals surface area contributed by atoms with Crippen LogP contribution in [-0.4, -0.2) is 32.7 Å². The predicted molar refractivity (Wildman–Crippen MR) is 149 cm³/mol. The van der Waals surface area contributed by atoms with E-state index in [0.29, 0.717) is 41.9 Å². The smallest absolute Gasteiger partial charge is 0.306 e. The Morgan fingerprint density at radius 2 is 1.84 bits per heavy atom. The van der Waals surface area contributed by atoms with Gasteiger partial charge in [0.2, 0.25) is 0 Å². The fourth-order valence-corrected chi connectivity index (χ4v) is 4.47. The van der Waals surface area contributed by atoms with Gasteiger partial charge in [-0.1, -0.05) is 102 Å². The van der Waals surface area contributed by atoms with Gasteiger partial charge in [0.1, 0.15) is 17.1 Å². The molecule has 0 saturated carbocycles. The van der Waals surface area contributed by atoms with Gasteiger partial charge >= 0.3 is 5.97 Å². The van der Waals surface area contributed by atoms with Crippen LogP contribution in [0.15, 0.2) is 42.5 Å². The van der Waals surface area contributed by atoms with Crippen molar-refractivity contribution in [1.82, 2.24) is 15.0 Å². The minimum absolute atomic E-state index is 0.110. The number of aryl methyl sites for hydroxylation is 1. The average Bonchev–Trinajstić information content (AvgIpc) is 3.23. The van der Waals surface area contributed by atoms with E-state index >= 15 is 0 Å². The molecule has 1 heterocycles. The van der Waals surface area contributed by atoms with Crippen LogP contribution in [0.25, 0.3) is 5.69 Å². The first kappa shape index (κ1) is 28.7. The van der Waals surface area contributed by atoms with Crippen molar-refractivity contribution in [2.75, 3.05) is 6.61 Å². The molecule has 0 fully saturated rings. The Morgan fingerprint density at radius 3 is 2.49 bits per heavy atom. The van der Waals surface area contributed by atoms with Crippen molar-refractivity contribution in [2.24, 2.45) is 5.92 Å². The molecule has 0 aliphatic carbocycles. The molecule has 7 heteroatoms. The number of ether oxygens (including phenoxy) is 1. The first-order valence-corrected chi connectivity index (χ1v) is 13.7. The Bertz CT molecular complexity index is 1170. The minimum Gasteiger partial charge on any atom is -0.505 e. The molecule has 37 heavy (non-hydrogen) atoms. The quantitative estimate of drug-likeness (QED) is 0.253. The zero-order chi connectivity index (χ0) is 27.0. The number of aromatic nitrogens is 3. The summed E-state index contributed by atoms with van der Waals surface area (Å²) in [6.45, 7) is 10.9. The summed E-state index contributed by atoms with van der Waals surface area (Å²) in [6, 6.07) is 13.7. The van der Waals surface area contributed by atoms with Crippen molar-refractivity contribution in [3.63, 3.8) is 0 Å². The highest BCUT2D eigenvalue weighted by Gasteiger charge is 2.24. The van der Waals surface area contributed by atoms with Crippen molar-refractivity contribution < 1.29 is 14.6 Å². The third kappa shape index (κ3) is 8.06. The average molecular weight is 526 g/mol. The third-order valence-corrected chi connectivity index (χ3v) is 6.96. The molecule has 3 rings (SSSR count). The number of phenolic OH excluding ortho intramolecular Hbond substituents is 1. The number of phenols is 1. The normalized spacial score (nSPS) is 12.5. The van der Waals surface area contributed by atoms with Gasteiger partial charge in [0.15, 0.2) is 5.15 Å². The molecule has 1 N–H and O–H groups in total. The Labute approximate surface area is 226 Å². The molecule has 3 aromatic rings. The highest BCUT2D eigenvalue weighted by atomic mass is 35.5. The van der Waals surface area contributed by atoms with Crippen LogP contribution < -0.4 is 0 Å². The first-order chi connectivity index (χ1) is 17.6. The van der Waals surface area contributed by atoms with Gasteiger partial charge < -0.3 is 9.84 Å². The van der Waals surface area contributed by atoms with Crippen molar-refractivity contribution >= 4 is 17.6 Å². The molecule has 2 aromatic carbocycles. The maximum atomic E-state index is 12.5. The van der Waals surface area contributed by atoms with E-state index in [1.807, 2.05) is 63.2 Å². The maximum Gasteiger partial charge on any atom is 0.306 e. The zero-order valence-corrected chi connectivity index (χ0v) is 23.5. The second kappa shape index (κ2) is 13.1. The topological polar surface area (TPSA) is 77.2 Å². The van der Waals surface area contributed by atoms with E-state index in [9.17, 15) is 9.90 Å². The number of nitrogens with zero attached hydrogens (tertiary/aromatic N) is 3. The van der Waals surface area contributed by atoms with Crippen molar-refractivity contribution in [3.8, 4) is 11.4 Å². The molecule has 0 amide bonds. The number of esters is 1. The van der Waals surface area contributed by atoms with Gasteiger partial charge in [0.05, 0.1) is 6.61 Å². The van der Waals surface area contributed by atoms with Crippen LogP contribution in [0.1, 0.15) is 89.1 Å². The van der Waals surface area contributed by atoms with Crippen LogP contribution in [-0.2, 0) is 27.8 Å². The predicted octanol–water partition coefficient (Wildman–Crippen LogP) is 7.21. The van der Waals surface area contributed by atoms with Crippen LogP contribution in [0.2, 0.25) is 5.15 Å². The number of aromatic hydroxyl groups is 1. The van der Waals surface area contributed by atoms with E-state index in [0.717, 1.165) is 42.4 Å². The standard InChI is InChI=1S/C30H40ClN3O3/c1-6-8-12-21(7-2)20-37-27(35)16-15-23-17-24(30(3,4)5)28(36)26(19-23)34-32-25(29(31)33-34)18-22-13-10-9-11-14-22/h9-11,13-14,17,19,21,36H,6-8,12,15-16,18,20H2,1-5H3. The molecule has 200 valence electrons. The van der Waals surface area contributed by atoms with Crippen molar-refractivity contribution in [3.05, 3.63) is 70.0 Å². The van der Waals surface area contributed by atoms with Crippen LogP contribution in [0.3, 0.4) is 0 Å². The lowest BCUT2D eigenvalue weighted by molar-refractivity contribution is -0.145. The highest BCUT2D eigenvalue weighted by molar-refractivity contribution is 6.30. The van der Waals surface area contributed by atoms with Gasteiger partial charge in [-0.3, -0.25) is 4.79 Å². The lowest BCUT2D eigenvalue weighted by Gasteiger charge is -2.23. The van der Waals surface area contributed by atoms with Gasteiger partial charge in [-0.25, -0.2) is 0 Å². The number of carbonyl (C=O) groups excluding carboxylic acids is 1. The SMILES string of the molecule is CCCCC(CC)COC(=O)CCc1cc(-n2nc(Cl)c(Cc3ccccc3)n2)c(O)c(C(C)(C)C)c1.